The summed E-state index contributed by atoms with van der Waals surface area (Å²) < 4.78 is 9.10. The molecule has 9 nitrogen and oxygen atoms in total. The van der Waals surface area contributed by atoms with E-state index in [2.05, 4.69) is 36.4 Å². The average molecular weight is 483 g/mol. The normalized spacial score (nSPS) is 11.3. The number of rotatable bonds is 6. The van der Waals surface area contributed by atoms with Crippen LogP contribution < -0.4 is 21.4 Å². The smallest absolute Gasteiger partial charge is 0.329 e. The second kappa shape index (κ2) is 8.60. The van der Waals surface area contributed by atoms with Crippen molar-refractivity contribution in [3.05, 3.63) is 85.0 Å². The van der Waals surface area contributed by atoms with Crippen LogP contribution in [0, 0.1) is 0 Å². The van der Waals surface area contributed by atoms with Gasteiger partial charge in [0.25, 0.3) is 5.56 Å². The van der Waals surface area contributed by atoms with Crippen molar-refractivity contribution in [3.8, 4) is 5.75 Å². The summed E-state index contributed by atoms with van der Waals surface area (Å²) in [5.41, 5.74) is 4.23. The molecular formula is C21H19BrN6O3. The molecule has 10 heteroatoms. The van der Waals surface area contributed by atoms with Gasteiger partial charge >= 0.3 is 5.69 Å². The molecule has 4 rings (SSSR count). The lowest BCUT2D eigenvalue weighted by atomic mass is 10.2. The van der Waals surface area contributed by atoms with Gasteiger partial charge in [0.1, 0.15) is 5.75 Å². The number of aromatic nitrogens is 4. The highest BCUT2D eigenvalue weighted by molar-refractivity contribution is 9.10. The monoisotopic (exact) mass is 482 g/mol. The van der Waals surface area contributed by atoms with Gasteiger partial charge in [0.2, 0.25) is 5.95 Å². The molecule has 2 N–H and O–H groups in total. The third-order valence-corrected chi connectivity index (χ3v) is 5.28. The van der Waals surface area contributed by atoms with Crippen LogP contribution in [0.5, 0.6) is 5.75 Å². The van der Waals surface area contributed by atoms with Gasteiger partial charge in [0.15, 0.2) is 11.2 Å². The molecule has 0 bridgehead atoms. The van der Waals surface area contributed by atoms with Gasteiger partial charge in [-0.2, -0.15) is 10.1 Å². The highest BCUT2D eigenvalue weighted by Gasteiger charge is 2.17. The highest BCUT2D eigenvalue weighted by Crippen LogP contribution is 2.19. The first-order chi connectivity index (χ1) is 15.0. The van der Waals surface area contributed by atoms with Crippen LogP contribution in [0.1, 0.15) is 11.1 Å². The molecule has 4 aromatic rings. The summed E-state index contributed by atoms with van der Waals surface area (Å²) in [5.74, 6) is 1.09. The van der Waals surface area contributed by atoms with Crippen LogP contribution in [0.2, 0.25) is 0 Å². The predicted octanol–water partition coefficient (Wildman–Crippen LogP) is 2.69. The average Bonchev–Trinajstić information content (AvgIpc) is 3.13. The molecule has 0 aliphatic carbocycles. The molecule has 2 aromatic carbocycles. The zero-order chi connectivity index (χ0) is 22.0. The molecular weight excluding hydrogens is 464 g/mol. The van der Waals surface area contributed by atoms with Crippen molar-refractivity contribution in [2.45, 2.75) is 6.54 Å². The number of hydrazone groups is 1. The van der Waals surface area contributed by atoms with Gasteiger partial charge in [-0.3, -0.25) is 18.9 Å². The molecule has 0 saturated heterocycles. The third kappa shape index (κ3) is 4.29. The number of halogens is 1. The summed E-state index contributed by atoms with van der Waals surface area (Å²) in [6.45, 7) is 0.367. The van der Waals surface area contributed by atoms with E-state index in [4.69, 9.17) is 4.74 Å². The molecule has 0 fully saturated rings. The Morgan fingerprint density at radius 2 is 1.87 bits per heavy atom. The maximum absolute atomic E-state index is 12.6. The third-order valence-electron chi connectivity index (χ3n) is 4.75. The van der Waals surface area contributed by atoms with E-state index in [0.717, 1.165) is 21.3 Å². The Balaban J connectivity index is 1.73. The van der Waals surface area contributed by atoms with Crippen LogP contribution in [0.25, 0.3) is 11.2 Å². The zero-order valence-electron chi connectivity index (χ0n) is 16.8. The van der Waals surface area contributed by atoms with Gasteiger partial charge in [0.05, 0.1) is 19.9 Å². The van der Waals surface area contributed by atoms with Crippen molar-refractivity contribution in [1.82, 2.24) is 19.1 Å². The number of fused-ring (bicyclic) bond motifs is 1. The van der Waals surface area contributed by atoms with Crippen LogP contribution >= 0.6 is 15.9 Å². The summed E-state index contributed by atoms with van der Waals surface area (Å²) in [7, 11) is 3.16. The molecule has 0 amide bonds. The molecule has 0 aliphatic heterocycles. The van der Waals surface area contributed by atoms with E-state index in [1.165, 1.54) is 4.57 Å². The van der Waals surface area contributed by atoms with Crippen LogP contribution in [0.4, 0.5) is 5.95 Å². The van der Waals surface area contributed by atoms with Crippen LogP contribution in [0.3, 0.4) is 0 Å². The quantitative estimate of drug-likeness (QED) is 0.324. The lowest BCUT2D eigenvalue weighted by Gasteiger charge is -2.08. The first-order valence-electron chi connectivity index (χ1n) is 9.33. The summed E-state index contributed by atoms with van der Waals surface area (Å²) >= 11 is 3.42. The van der Waals surface area contributed by atoms with Crippen molar-refractivity contribution >= 4 is 39.3 Å². The van der Waals surface area contributed by atoms with Crippen LogP contribution in [-0.4, -0.2) is 32.4 Å². The van der Waals surface area contributed by atoms with Crippen molar-refractivity contribution in [2.24, 2.45) is 12.1 Å². The van der Waals surface area contributed by atoms with Crippen molar-refractivity contribution in [3.63, 3.8) is 0 Å². The number of imidazole rings is 1. The number of ether oxygens (including phenoxy) is 1. The zero-order valence-corrected chi connectivity index (χ0v) is 18.4. The number of nitrogens with one attached hydrogen (secondary N) is 2. The van der Waals surface area contributed by atoms with E-state index in [1.807, 2.05) is 48.5 Å². The first-order valence-corrected chi connectivity index (χ1v) is 10.1. The van der Waals surface area contributed by atoms with Gasteiger partial charge in [-0.1, -0.05) is 28.1 Å². The Hall–Kier alpha value is -3.66. The Kier molecular flexibility index (Phi) is 5.72. The number of H-pyrrole nitrogens is 1. The maximum atomic E-state index is 12.6. The first kappa shape index (κ1) is 20.6. The van der Waals surface area contributed by atoms with Gasteiger partial charge < -0.3 is 4.74 Å². The molecule has 2 heterocycles. The fraction of sp³-hybridized carbons (Fsp3) is 0.143. The highest BCUT2D eigenvalue weighted by atomic mass is 79.9. The van der Waals surface area contributed by atoms with Gasteiger partial charge in [-0.15, -0.1) is 0 Å². The number of aromatic amines is 1. The molecule has 0 aliphatic rings. The summed E-state index contributed by atoms with van der Waals surface area (Å²) in [4.78, 5) is 31.4. The fourth-order valence-electron chi connectivity index (χ4n) is 3.10. The second-order valence-corrected chi connectivity index (χ2v) is 7.70. The number of methoxy groups -OCH3 is 1. The topological polar surface area (TPSA) is 106 Å². The standard InChI is InChI=1S/C21H19BrN6O3/c1-27-18-17(19(29)25-21(27)30)28(12-14-3-7-15(22)8-4-14)20(24-18)26-23-11-13-5-9-16(31-2)10-6-13/h3-11H,12H2,1-2H3,(H,24,26)(H,25,29,30)/b23-11-. The summed E-state index contributed by atoms with van der Waals surface area (Å²) in [5, 5.41) is 4.25. The Morgan fingerprint density at radius 1 is 1.16 bits per heavy atom. The van der Waals surface area contributed by atoms with Crippen LogP contribution in [0.15, 0.2) is 67.7 Å². The lowest BCUT2D eigenvalue weighted by Crippen LogP contribution is -2.29. The fourth-order valence-corrected chi connectivity index (χ4v) is 3.37. The molecule has 2 aromatic heterocycles. The minimum absolute atomic E-state index is 0.271. The molecule has 0 radical (unpaired) electrons. The number of aryl methyl sites for hydroxylation is 1. The summed E-state index contributed by atoms with van der Waals surface area (Å²) in [6, 6.07) is 15.1. The van der Waals surface area contributed by atoms with Gasteiger partial charge in [0, 0.05) is 11.5 Å². The molecule has 31 heavy (non-hydrogen) atoms. The Morgan fingerprint density at radius 3 is 2.55 bits per heavy atom. The minimum atomic E-state index is -0.529. The molecule has 0 spiro atoms. The number of anilines is 1. The van der Waals surface area contributed by atoms with E-state index >= 15 is 0 Å². The van der Waals surface area contributed by atoms with Crippen molar-refractivity contribution in [2.75, 3.05) is 12.5 Å². The Labute approximate surface area is 185 Å². The summed E-state index contributed by atoms with van der Waals surface area (Å²) in [6.07, 6.45) is 1.63. The number of hydrogen-bond donors (Lipinski definition) is 2. The molecule has 158 valence electrons. The number of nitrogens with zero attached hydrogens (tertiary/aromatic N) is 4. The second-order valence-electron chi connectivity index (χ2n) is 6.78. The Bertz CT molecular complexity index is 1370. The largest absolute Gasteiger partial charge is 0.497 e. The van der Waals surface area contributed by atoms with Crippen molar-refractivity contribution in [1.29, 1.82) is 0 Å². The van der Waals surface area contributed by atoms with Gasteiger partial charge in [-0.25, -0.2) is 10.2 Å². The lowest BCUT2D eigenvalue weighted by molar-refractivity contribution is 0.415. The maximum Gasteiger partial charge on any atom is 0.329 e. The van der Waals surface area contributed by atoms with E-state index in [-0.39, 0.29) is 11.2 Å². The molecule has 0 saturated carbocycles. The van der Waals surface area contributed by atoms with Gasteiger partial charge in [-0.05, 0) is 47.5 Å². The number of hydrogen-bond acceptors (Lipinski definition) is 6. The van der Waals surface area contributed by atoms with E-state index in [1.54, 1.807) is 24.9 Å². The van der Waals surface area contributed by atoms with E-state index in [0.29, 0.717) is 12.5 Å². The van der Waals surface area contributed by atoms with Crippen LogP contribution in [-0.2, 0) is 13.6 Å². The van der Waals surface area contributed by atoms with E-state index < -0.39 is 11.2 Å². The van der Waals surface area contributed by atoms with E-state index in [9.17, 15) is 9.59 Å². The number of benzene rings is 2. The molecule has 0 unspecified atom stereocenters. The van der Waals surface area contributed by atoms with Crippen molar-refractivity contribution < 1.29 is 4.74 Å². The minimum Gasteiger partial charge on any atom is -0.497 e. The molecule has 0 atom stereocenters. The SMILES string of the molecule is COc1ccc(/C=N\Nc2nc3c(c(=O)[nH]c(=O)n3C)n2Cc2ccc(Br)cc2)cc1. The predicted molar refractivity (Wildman–Crippen MR) is 123 cm³/mol.